The minimum Gasteiger partial charge on any atom is -0.481 e. The number of urea groups is 1. The normalized spacial score (nSPS) is 17.3. The van der Waals surface area contributed by atoms with Gasteiger partial charge in [-0.2, -0.15) is 0 Å². The lowest BCUT2D eigenvalue weighted by Crippen LogP contribution is -2.54. The molecule has 1 atom stereocenters. The van der Waals surface area contributed by atoms with Crippen LogP contribution in [0, 0.1) is 11.6 Å². The minimum absolute atomic E-state index is 0.0102. The maximum absolute atomic E-state index is 13.7. The smallest absolute Gasteiger partial charge is 0.315 e. The molecule has 1 aliphatic heterocycles. The summed E-state index contributed by atoms with van der Waals surface area (Å²) in [4.78, 5) is 35.9. The molecule has 1 heterocycles. The highest BCUT2D eigenvalue weighted by Gasteiger charge is 2.30. The zero-order chi connectivity index (χ0) is 18.4. The van der Waals surface area contributed by atoms with Crippen LogP contribution in [0.25, 0.3) is 0 Å². The van der Waals surface area contributed by atoms with Gasteiger partial charge < -0.3 is 20.6 Å². The van der Waals surface area contributed by atoms with Gasteiger partial charge in [0.05, 0.1) is 6.42 Å². The molecule has 25 heavy (non-hydrogen) atoms. The van der Waals surface area contributed by atoms with Gasteiger partial charge in [-0.3, -0.25) is 9.59 Å². The fourth-order valence-corrected chi connectivity index (χ4v) is 2.58. The second-order valence-electron chi connectivity index (χ2n) is 5.73. The molecule has 3 N–H and O–H groups in total. The van der Waals surface area contributed by atoms with E-state index in [1.165, 1.54) is 11.0 Å². The lowest BCUT2D eigenvalue weighted by atomic mass is 10.0. The van der Waals surface area contributed by atoms with Crippen molar-refractivity contribution in [3.63, 3.8) is 0 Å². The summed E-state index contributed by atoms with van der Waals surface area (Å²) < 4.78 is 26.7. The van der Waals surface area contributed by atoms with E-state index >= 15 is 0 Å². The molecular formula is C16H19F2N3O4. The Kier molecular flexibility index (Phi) is 6.26. The number of nitrogens with one attached hydrogen (secondary N) is 2. The number of rotatable bonds is 6. The summed E-state index contributed by atoms with van der Waals surface area (Å²) in [6, 6.07) is 1.78. The third-order valence-corrected chi connectivity index (χ3v) is 3.84. The van der Waals surface area contributed by atoms with Gasteiger partial charge in [-0.15, -0.1) is 0 Å². The van der Waals surface area contributed by atoms with Crippen LogP contribution in [0.5, 0.6) is 0 Å². The zero-order valence-corrected chi connectivity index (χ0v) is 13.4. The van der Waals surface area contributed by atoms with Gasteiger partial charge in [-0.25, -0.2) is 13.6 Å². The molecule has 1 aromatic carbocycles. The van der Waals surface area contributed by atoms with Crippen molar-refractivity contribution in [3.8, 4) is 0 Å². The number of carbonyl (C=O) groups excluding carboxylic acids is 2. The maximum Gasteiger partial charge on any atom is 0.315 e. The molecule has 0 spiro atoms. The SMILES string of the molecule is O=C(O)CCNC(=O)NC1CCCN(Cc2ccc(F)cc2F)C1=O. The Morgan fingerprint density at radius 1 is 1.32 bits per heavy atom. The predicted octanol–water partition coefficient (Wildman–Crippen LogP) is 1.23. The number of likely N-dealkylation sites (tertiary alicyclic amines) is 1. The molecule has 7 nitrogen and oxygen atoms in total. The van der Waals surface area contributed by atoms with Crippen molar-refractivity contribution < 1.29 is 28.3 Å². The number of halogens is 2. The van der Waals surface area contributed by atoms with Crippen LogP contribution in [0.4, 0.5) is 13.6 Å². The highest BCUT2D eigenvalue weighted by Crippen LogP contribution is 2.17. The number of piperidine rings is 1. The molecule has 1 aromatic rings. The average molecular weight is 355 g/mol. The Labute approximate surface area is 143 Å². The van der Waals surface area contributed by atoms with Crippen molar-refractivity contribution in [2.24, 2.45) is 0 Å². The number of amides is 3. The largest absolute Gasteiger partial charge is 0.481 e. The summed E-state index contributed by atoms with van der Waals surface area (Å²) >= 11 is 0. The van der Waals surface area contributed by atoms with Gasteiger partial charge in [0.25, 0.3) is 0 Å². The maximum atomic E-state index is 13.7. The molecule has 0 radical (unpaired) electrons. The van der Waals surface area contributed by atoms with E-state index in [2.05, 4.69) is 10.6 Å². The number of nitrogens with zero attached hydrogens (tertiary/aromatic N) is 1. The van der Waals surface area contributed by atoms with Gasteiger partial charge >= 0.3 is 12.0 Å². The summed E-state index contributed by atoms with van der Waals surface area (Å²) in [6.07, 6.45) is 0.838. The molecule has 136 valence electrons. The number of aliphatic carboxylic acids is 1. The van der Waals surface area contributed by atoms with Crippen LogP contribution in [0.1, 0.15) is 24.8 Å². The van der Waals surface area contributed by atoms with E-state index in [0.717, 1.165) is 12.1 Å². The van der Waals surface area contributed by atoms with Crippen LogP contribution in [0.15, 0.2) is 18.2 Å². The van der Waals surface area contributed by atoms with Crippen LogP contribution in [0.2, 0.25) is 0 Å². The van der Waals surface area contributed by atoms with E-state index in [1.807, 2.05) is 0 Å². The molecule has 1 saturated heterocycles. The van der Waals surface area contributed by atoms with E-state index in [1.54, 1.807) is 0 Å². The average Bonchev–Trinajstić information content (AvgIpc) is 2.53. The quantitative estimate of drug-likeness (QED) is 0.715. The first kappa shape index (κ1) is 18.6. The molecule has 9 heteroatoms. The zero-order valence-electron chi connectivity index (χ0n) is 13.4. The number of carbonyl (C=O) groups is 3. The molecule has 1 unspecified atom stereocenters. The van der Waals surface area contributed by atoms with E-state index in [-0.39, 0.29) is 31.0 Å². The highest BCUT2D eigenvalue weighted by molar-refractivity contribution is 5.87. The first-order chi connectivity index (χ1) is 11.9. The molecule has 0 bridgehead atoms. The highest BCUT2D eigenvalue weighted by atomic mass is 19.1. The predicted molar refractivity (Wildman–Crippen MR) is 83.6 cm³/mol. The molecular weight excluding hydrogens is 336 g/mol. The number of carboxylic acid groups (broad SMARTS) is 1. The first-order valence-electron chi connectivity index (χ1n) is 7.85. The Morgan fingerprint density at radius 2 is 2.08 bits per heavy atom. The van der Waals surface area contributed by atoms with Crippen LogP contribution >= 0.6 is 0 Å². The third kappa shape index (κ3) is 5.40. The van der Waals surface area contributed by atoms with Crippen LogP contribution < -0.4 is 10.6 Å². The van der Waals surface area contributed by atoms with E-state index in [4.69, 9.17) is 5.11 Å². The fraction of sp³-hybridized carbons (Fsp3) is 0.438. The van der Waals surface area contributed by atoms with Crippen molar-refractivity contribution in [3.05, 3.63) is 35.4 Å². The number of carboxylic acids is 1. The molecule has 1 aliphatic rings. The monoisotopic (exact) mass is 355 g/mol. The Bertz CT molecular complexity index is 669. The lowest BCUT2D eigenvalue weighted by Gasteiger charge is -2.32. The van der Waals surface area contributed by atoms with E-state index < -0.39 is 29.7 Å². The van der Waals surface area contributed by atoms with Gasteiger partial charge in [-0.1, -0.05) is 6.07 Å². The van der Waals surface area contributed by atoms with Crippen molar-refractivity contribution in [1.82, 2.24) is 15.5 Å². The van der Waals surface area contributed by atoms with Gasteiger partial charge in [0, 0.05) is 31.3 Å². The number of hydrogen-bond acceptors (Lipinski definition) is 3. The second kappa shape index (κ2) is 8.41. The topological polar surface area (TPSA) is 98.7 Å². The fourth-order valence-electron chi connectivity index (χ4n) is 2.58. The second-order valence-corrected chi connectivity index (χ2v) is 5.73. The van der Waals surface area contributed by atoms with E-state index in [0.29, 0.717) is 19.4 Å². The van der Waals surface area contributed by atoms with E-state index in [9.17, 15) is 23.2 Å². The molecule has 3 amide bonds. The van der Waals surface area contributed by atoms with Gasteiger partial charge in [0.15, 0.2) is 0 Å². The minimum atomic E-state index is -1.04. The standard InChI is InChI=1S/C16H19F2N3O4/c17-11-4-3-10(12(18)8-11)9-21-7-1-2-13(15(21)24)20-16(25)19-6-5-14(22)23/h3-4,8,13H,1-2,5-7,9H2,(H,22,23)(H2,19,20,25). The number of benzene rings is 1. The first-order valence-corrected chi connectivity index (χ1v) is 7.85. The van der Waals surface area contributed by atoms with Crippen molar-refractivity contribution >= 4 is 17.9 Å². The van der Waals surface area contributed by atoms with Gasteiger partial charge in [0.1, 0.15) is 17.7 Å². The summed E-state index contributed by atoms with van der Waals surface area (Å²) in [5, 5.41) is 13.4. The Morgan fingerprint density at radius 3 is 2.76 bits per heavy atom. The molecule has 0 saturated carbocycles. The summed E-state index contributed by atoms with van der Waals surface area (Å²) in [6.45, 7) is 0.352. The van der Waals surface area contributed by atoms with Gasteiger partial charge in [-0.05, 0) is 18.9 Å². The van der Waals surface area contributed by atoms with Crippen LogP contribution in [-0.2, 0) is 16.1 Å². The summed E-state index contributed by atoms with van der Waals surface area (Å²) in [7, 11) is 0. The van der Waals surface area contributed by atoms with Crippen LogP contribution in [-0.4, -0.2) is 47.0 Å². The van der Waals surface area contributed by atoms with Gasteiger partial charge in [0.2, 0.25) is 5.91 Å². The molecule has 0 aliphatic carbocycles. The van der Waals surface area contributed by atoms with Crippen molar-refractivity contribution in [1.29, 1.82) is 0 Å². The van der Waals surface area contributed by atoms with Crippen molar-refractivity contribution in [2.75, 3.05) is 13.1 Å². The summed E-state index contributed by atoms with van der Waals surface area (Å²) in [5.74, 6) is -2.82. The number of hydrogen-bond donors (Lipinski definition) is 3. The molecule has 0 aromatic heterocycles. The van der Waals surface area contributed by atoms with Crippen molar-refractivity contribution in [2.45, 2.75) is 31.8 Å². The lowest BCUT2D eigenvalue weighted by molar-refractivity contribution is -0.137. The molecule has 2 rings (SSSR count). The summed E-state index contributed by atoms with van der Waals surface area (Å²) in [5.41, 5.74) is 0.196. The Hall–Kier alpha value is -2.71. The third-order valence-electron chi connectivity index (χ3n) is 3.84. The Balaban J connectivity index is 1.91. The van der Waals surface area contributed by atoms with Crippen LogP contribution in [0.3, 0.4) is 0 Å². The molecule has 1 fully saturated rings.